The number of rotatable bonds is 6. The summed E-state index contributed by atoms with van der Waals surface area (Å²) < 4.78 is 6.20. The zero-order chi connectivity index (χ0) is 13.0. The molecule has 1 N–H and O–H groups in total. The van der Waals surface area contributed by atoms with Gasteiger partial charge >= 0.3 is 0 Å². The van der Waals surface area contributed by atoms with Crippen LogP contribution in [-0.2, 0) is 0 Å². The lowest BCUT2D eigenvalue weighted by atomic mass is 9.77. The lowest BCUT2D eigenvalue weighted by Crippen LogP contribution is -2.45. The summed E-state index contributed by atoms with van der Waals surface area (Å²) in [7, 11) is 0. The Morgan fingerprint density at radius 3 is 2.72 bits per heavy atom. The van der Waals surface area contributed by atoms with Gasteiger partial charge in [-0.3, -0.25) is 0 Å². The fraction of sp³-hybridized carbons (Fsp3) is 0.600. The molecule has 0 spiro atoms. The van der Waals surface area contributed by atoms with Crippen LogP contribution >= 0.6 is 11.6 Å². The standard InChI is InChI=1S/C15H22ClNO/c1-3-17-10-9-15(7-4-8-15)18-14-6-5-12(2)11-13(14)16/h5-6,11,17H,3-4,7-10H2,1-2H3. The van der Waals surface area contributed by atoms with Gasteiger partial charge in [0.15, 0.2) is 0 Å². The Balaban J connectivity index is 2.01. The maximum Gasteiger partial charge on any atom is 0.138 e. The topological polar surface area (TPSA) is 21.3 Å². The Labute approximate surface area is 115 Å². The summed E-state index contributed by atoms with van der Waals surface area (Å²) >= 11 is 6.24. The Kier molecular flexibility index (Phi) is 4.52. The van der Waals surface area contributed by atoms with Crippen molar-refractivity contribution in [2.24, 2.45) is 0 Å². The van der Waals surface area contributed by atoms with Crippen molar-refractivity contribution in [2.75, 3.05) is 13.1 Å². The maximum absolute atomic E-state index is 6.24. The number of halogens is 1. The monoisotopic (exact) mass is 267 g/mol. The molecule has 0 bridgehead atoms. The minimum absolute atomic E-state index is 0.0149. The van der Waals surface area contributed by atoms with Gasteiger partial charge in [0, 0.05) is 0 Å². The zero-order valence-electron chi connectivity index (χ0n) is 11.3. The molecule has 100 valence electrons. The van der Waals surface area contributed by atoms with Crippen LogP contribution in [0.2, 0.25) is 5.02 Å². The molecule has 2 nitrogen and oxygen atoms in total. The van der Waals surface area contributed by atoms with Crippen molar-refractivity contribution < 1.29 is 4.74 Å². The normalized spacial score (nSPS) is 17.3. The summed E-state index contributed by atoms with van der Waals surface area (Å²) in [5, 5.41) is 4.10. The van der Waals surface area contributed by atoms with E-state index in [1.807, 2.05) is 19.1 Å². The zero-order valence-corrected chi connectivity index (χ0v) is 12.0. The van der Waals surface area contributed by atoms with Gasteiger partial charge in [0.05, 0.1) is 5.02 Å². The fourth-order valence-electron chi connectivity index (χ4n) is 2.39. The maximum atomic E-state index is 6.24. The van der Waals surface area contributed by atoms with Crippen LogP contribution in [-0.4, -0.2) is 18.7 Å². The molecule has 1 saturated carbocycles. The SMILES string of the molecule is CCNCCC1(Oc2ccc(C)cc2Cl)CCC1. The minimum Gasteiger partial charge on any atom is -0.486 e. The van der Waals surface area contributed by atoms with Crippen molar-refractivity contribution in [1.29, 1.82) is 0 Å². The minimum atomic E-state index is 0.0149. The number of nitrogens with one attached hydrogen (secondary N) is 1. The van der Waals surface area contributed by atoms with Crippen molar-refractivity contribution in [2.45, 2.75) is 45.1 Å². The van der Waals surface area contributed by atoms with Gasteiger partial charge < -0.3 is 10.1 Å². The largest absolute Gasteiger partial charge is 0.486 e. The van der Waals surface area contributed by atoms with Gasteiger partial charge in [-0.25, -0.2) is 0 Å². The molecule has 0 saturated heterocycles. The van der Waals surface area contributed by atoms with E-state index in [1.54, 1.807) is 0 Å². The van der Waals surface area contributed by atoms with Crippen LogP contribution in [0, 0.1) is 6.92 Å². The van der Waals surface area contributed by atoms with Crippen LogP contribution in [0.3, 0.4) is 0 Å². The second-order valence-electron chi connectivity index (χ2n) is 5.18. The average molecular weight is 268 g/mol. The third-order valence-corrected chi connectivity index (χ3v) is 3.98. The van der Waals surface area contributed by atoms with Gasteiger partial charge in [0.25, 0.3) is 0 Å². The van der Waals surface area contributed by atoms with Crippen molar-refractivity contribution in [3.8, 4) is 5.75 Å². The summed E-state index contributed by atoms with van der Waals surface area (Å²) in [6, 6.07) is 6.01. The predicted octanol–water partition coefficient (Wildman–Crippen LogP) is 3.95. The van der Waals surface area contributed by atoms with Crippen LogP contribution in [0.15, 0.2) is 18.2 Å². The van der Waals surface area contributed by atoms with E-state index in [0.717, 1.165) is 43.1 Å². The summed E-state index contributed by atoms with van der Waals surface area (Å²) in [6.07, 6.45) is 4.60. The molecule has 0 radical (unpaired) electrons. The first-order valence-electron chi connectivity index (χ1n) is 6.81. The third kappa shape index (κ3) is 3.18. The molecule has 0 amide bonds. The van der Waals surface area contributed by atoms with E-state index >= 15 is 0 Å². The Morgan fingerprint density at radius 2 is 2.17 bits per heavy atom. The Morgan fingerprint density at radius 1 is 1.39 bits per heavy atom. The van der Waals surface area contributed by atoms with E-state index in [-0.39, 0.29) is 5.60 Å². The van der Waals surface area contributed by atoms with Gasteiger partial charge in [-0.1, -0.05) is 24.6 Å². The first-order chi connectivity index (χ1) is 8.65. The molecule has 1 aliphatic rings. The lowest BCUT2D eigenvalue weighted by molar-refractivity contribution is -0.0140. The molecule has 1 fully saturated rings. The van der Waals surface area contributed by atoms with Crippen molar-refractivity contribution in [3.05, 3.63) is 28.8 Å². The van der Waals surface area contributed by atoms with Crippen molar-refractivity contribution in [3.63, 3.8) is 0 Å². The number of hydrogen-bond donors (Lipinski definition) is 1. The van der Waals surface area contributed by atoms with Crippen LogP contribution in [0.4, 0.5) is 0 Å². The molecular formula is C15H22ClNO. The smallest absolute Gasteiger partial charge is 0.138 e. The highest BCUT2D eigenvalue weighted by Crippen LogP contribution is 2.41. The van der Waals surface area contributed by atoms with E-state index in [1.165, 1.54) is 12.0 Å². The Bertz CT molecular complexity index is 401. The molecule has 0 aromatic heterocycles. The molecule has 3 heteroatoms. The third-order valence-electron chi connectivity index (χ3n) is 3.69. The lowest BCUT2D eigenvalue weighted by Gasteiger charge is -2.42. The van der Waals surface area contributed by atoms with E-state index in [2.05, 4.69) is 18.3 Å². The molecule has 1 aromatic carbocycles. The van der Waals surface area contributed by atoms with Crippen LogP contribution < -0.4 is 10.1 Å². The van der Waals surface area contributed by atoms with E-state index < -0.39 is 0 Å². The summed E-state index contributed by atoms with van der Waals surface area (Å²) in [6.45, 7) is 6.20. The van der Waals surface area contributed by atoms with Gasteiger partial charge in [-0.05, 0) is 63.4 Å². The molecular weight excluding hydrogens is 246 g/mol. The first-order valence-corrected chi connectivity index (χ1v) is 7.19. The van der Waals surface area contributed by atoms with E-state index in [9.17, 15) is 0 Å². The predicted molar refractivity (Wildman–Crippen MR) is 76.6 cm³/mol. The highest BCUT2D eigenvalue weighted by Gasteiger charge is 2.39. The molecule has 18 heavy (non-hydrogen) atoms. The molecule has 1 aliphatic carbocycles. The second kappa shape index (κ2) is 5.94. The number of aryl methyl sites for hydroxylation is 1. The average Bonchev–Trinajstić information content (AvgIpc) is 2.29. The van der Waals surface area contributed by atoms with Crippen LogP contribution in [0.1, 0.15) is 38.2 Å². The molecule has 0 atom stereocenters. The quantitative estimate of drug-likeness (QED) is 0.788. The van der Waals surface area contributed by atoms with E-state index in [0.29, 0.717) is 0 Å². The van der Waals surface area contributed by atoms with Gasteiger partial charge in [0.2, 0.25) is 0 Å². The van der Waals surface area contributed by atoms with Crippen LogP contribution in [0.25, 0.3) is 0 Å². The van der Waals surface area contributed by atoms with Gasteiger partial charge in [-0.15, -0.1) is 0 Å². The van der Waals surface area contributed by atoms with Crippen molar-refractivity contribution in [1.82, 2.24) is 5.32 Å². The molecule has 2 rings (SSSR count). The number of benzene rings is 1. The van der Waals surface area contributed by atoms with E-state index in [4.69, 9.17) is 16.3 Å². The summed E-state index contributed by atoms with van der Waals surface area (Å²) in [5.74, 6) is 0.832. The van der Waals surface area contributed by atoms with Crippen molar-refractivity contribution >= 4 is 11.6 Å². The van der Waals surface area contributed by atoms with Crippen LogP contribution in [0.5, 0.6) is 5.75 Å². The van der Waals surface area contributed by atoms with Gasteiger partial charge in [0.1, 0.15) is 11.4 Å². The molecule has 0 heterocycles. The number of hydrogen-bond acceptors (Lipinski definition) is 2. The highest BCUT2D eigenvalue weighted by molar-refractivity contribution is 6.32. The van der Waals surface area contributed by atoms with Gasteiger partial charge in [-0.2, -0.15) is 0 Å². The summed E-state index contributed by atoms with van der Waals surface area (Å²) in [5.41, 5.74) is 1.18. The molecule has 0 aliphatic heterocycles. The molecule has 1 aromatic rings. The second-order valence-corrected chi connectivity index (χ2v) is 5.58. The Hall–Kier alpha value is -0.730. The summed E-state index contributed by atoms with van der Waals surface area (Å²) in [4.78, 5) is 0. The fourth-order valence-corrected chi connectivity index (χ4v) is 2.66. The molecule has 0 unspecified atom stereocenters. The first kappa shape index (κ1) is 13.7. The number of ether oxygens (including phenoxy) is 1. The highest BCUT2D eigenvalue weighted by atomic mass is 35.5.